The fourth-order valence-electron chi connectivity index (χ4n) is 2.29. The molecule has 2 heterocycles. The molecule has 3 rings (SSSR count). The van der Waals surface area contributed by atoms with Crippen LogP contribution < -0.4 is 4.74 Å². The lowest BCUT2D eigenvalue weighted by atomic mass is 10.2. The standard InChI is InChI=1S/C17H17BrO5/c18-14-5-1-2-6-15(14)21-11-13-7-8-16(23-13)17(19)22-10-12-4-3-9-20-12/h1-2,5-8,12H,3-4,9-11H2/t12-/m1/s1. The van der Waals surface area contributed by atoms with Gasteiger partial charge in [0.25, 0.3) is 0 Å². The van der Waals surface area contributed by atoms with Crippen molar-refractivity contribution in [2.45, 2.75) is 25.6 Å². The molecular weight excluding hydrogens is 364 g/mol. The average Bonchev–Trinajstić information content (AvgIpc) is 3.23. The van der Waals surface area contributed by atoms with E-state index in [4.69, 9.17) is 18.6 Å². The number of carbonyl (C=O) groups is 1. The molecule has 0 radical (unpaired) electrons. The molecule has 23 heavy (non-hydrogen) atoms. The van der Waals surface area contributed by atoms with Crippen LogP contribution in [0.5, 0.6) is 5.75 Å². The fraction of sp³-hybridized carbons (Fsp3) is 0.353. The second-order valence-corrected chi connectivity index (χ2v) is 6.07. The van der Waals surface area contributed by atoms with Crippen LogP contribution in [0.1, 0.15) is 29.2 Å². The molecule has 0 unspecified atom stereocenters. The van der Waals surface area contributed by atoms with Gasteiger partial charge in [0.2, 0.25) is 5.76 Å². The predicted octanol–water partition coefficient (Wildman–Crippen LogP) is 3.96. The van der Waals surface area contributed by atoms with Crippen LogP contribution >= 0.6 is 15.9 Å². The minimum atomic E-state index is -0.479. The van der Waals surface area contributed by atoms with E-state index in [1.54, 1.807) is 12.1 Å². The summed E-state index contributed by atoms with van der Waals surface area (Å²) in [5, 5.41) is 0. The number of carbonyl (C=O) groups excluding carboxylic acids is 1. The Balaban J connectivity index is 1.51. The molecule has 122 valence electrons. The van der Waals surface area contributed by atoms with Crippen molar-refractivity contribution in [3.63, 3.8) is 0 Å². The normalized spacial score (nSPS) is 17.2. The SMILES string of the molecule is O=C(OC[C@H]1CCCO1)c1ccc(COc2ccccc2Br)o1. The third kappa shape index (κ3) is 4.36. The van der Waals surface area contributed by atoms with Crippen molar-refractivity contribution in [3.05, 3.63) is 52.4 Å². The first-order chi connectivity index (χ1) is 11.2. The predicted molar refractivity (Wildman–Crippen MR) is 86.4 cm³/mol. The summed E-state index contributed by atoms with van der Waals surface area (Å²) in [6, 6.07) is 10.8. The van der Waals surface area contributed by atoms with Crippen LogP contribution in [0.3, 0.4) is 0 Å². The first-order valence-corrected chi connectivity index (χ1v) is 8.26. The lowest BCUT2D eigenvalue weighted by molar-refractivity contribution is 0.0134. The van der Waals surface area contributed by atoms with Crippen LogP contribution in [0.25, 0.3) is 0 Å². The van der Waals surface area contributed by atoms with E-state index in [-0.39, 0.29) is 25.1 Å². The number of ether oxygens (including phenoxy) is 3. The van der Waals surface area contributed by atoms with E-state index in [1.165, 1.54) is 0 Å². The molecule has 1 aromatic carbocycles. The summed E-state index contributed by atoms with van der Waals surface area (Å²) < 4.78 is 22.6. The maximum absolute atomic E-state index is 11.9. The van der Waals surface area contributed by atoms with E-state index in [0.717, 1.165) is 23.9 Å². The summed E-state index contributed by atoms with van der Waals surface area (Å²) in [6.07, 6.45) is 1.95. The van der Waals surface area contributed by atoms with E-state index < -0.39 is 5.97 Å². The first kappa shape index (κ1) is 16.1. The molecule has 0 amide bonds. The number of benzene rings is 1. The zero-order chi connectivity index (χ0) is 16.1. The molecule has 0 spiro atoms. The van der Waals surface area contributed by atoms with Gasteiger partial charge in [-0.15, -0.1) is 0 Å². The van der Waals surface area contributed by atoms with Crippen LogP contribution in [0.4, 0.5) is 0 Å². The van der Waals surface area contributed by atoms with Crippen LogP contribution in [-0.2, 0) is 16.1 Å². The summed E-state index contributed by atoms with van der Waals surface area (Å²) in [7, 11) is 0. The number of esters is 1. The average molecular weight is 381 g/mol. The topological polar surface area (TPSA) is 57.9 Å². The van der Waals surface area contributed by atoms with E-state index >= 15 is 0 Å². The van der Waals surface area contributed by atoms with Gasteiger partial charge in [-0.3, -0.25) is 0 Å². The third-order valence-corrected chi connectivity index (χ3v) is 4.15. The van der Waals surface area contributed by atoms with E-state index in [1.807, 2.05) is 24.3 Å². The van der Waals surface area contributed by atoms with Gasteiger partial charge in [-0.2, -0.15) is 0 Å². The van der Waals surface area contributed by atoms with E-state index in [2.05, 4.69) is 15.9 Å². The van der Waals surface area contributed by atoms with Crippen molar-refractivity contribution in [2.24, 2.45) is 0 Å². The largest absolute Gasteiger partial charge is 0.484 e. The molecule has 5 nitrogen and oxygen atoms in total. The van der Waals surface area contributed by atoms with Crippen molar-refractivity contribution >= 4 is 21.9 Å². The Morgan fingerprint density at radius 3 is 2.91 bits per heavy atom. The van der Waals surface area contributed by atoms with Gasteiger partial charge < -0.3 is 18.6 Å². The Morgan fingerprint density at radius 1 is 1.26 bits per heavy atom. The minimum absolute atomic E-state index is 0.00662. The van der Waals surface area contributed by atoms with Crippen molar-refractivity contribution < 1.29 is 23.4 Å². The first-order valence-electron chi connectivity index (χ1n) is 7.47. The van der Waals surface area contributed by atoms with Crippen molar-refractivity contribution in [1.29, 1.82) is 0 Å². The summed E-state index contributed by atoms with van der Waals surface area (Å²) in [5.74, 6) is 0.970. The molecule has 0 saturated carbocycles. The Bertz CT molecular complexity index is 661. The number of rotatable bonds is 6. The maximum atomic E-state index is 11.9. The number of para-hydroxylation sites is 1. The molecule has 1 aromatic heterocycles. The van der Waals surface area contributed by atoms with Crippen LogP contribution in [-0.4, -0.2) is 25.3 Å². The minimum Gasteiger partial charge on any atom is -0.484 e. The maximum Gasteiger partial charge on any atom is 0.374 e. The third-order valence-electron chi connectivity index (χ3n) is 3.49. The summed E-state index contributed by atoms with van der Waals surface area (Å²) in [6.45, 7) is 1.24. The quantitative estimate of drug-likeness (QED) is 0.709. The lowest BCUT2D eigenvalue weighted by Crippen LogP contribution is -2.17. The molecule has 6 heteroatoms. The highest BCUT2D eigenvalue weighted by molar-refractivity contribution is 9.10. The molecule has 1 aliphatic rings. The van der Waals surface area contributed by atoms with Crippen molar-refractivity contribution in [1.82, 2.24) is 0 Å². The molecule has 1 atom stereocenters. The zero-order valence-corrected chi connectivity index (χ0v) is 14.1. The van der Waals surface area contributed by atoms with Crippen molar-refractivity contribution in [3.8, 4) is 5.75 Å². The molecule has 1 fully saturated rings. The highest BCUT2D eigenvalue weighted by Gasteiger charge is 2.19. The Labute approximate surface area is 142 Å². The highest BCUT2D eigenvalue weighted by atomic mass is 79.9. The fourth-order valence-corrected chi connectivity index (χ4v) is 2.69. The number of halogens is 1. The molecule has 0 bridgehead atoms. The van der Waals surface area contributed by atoms with Gasteiger partial charge in [0, 0.05) is 6.61 Å². The van der Waals surface area contributed by atoms with Gasteiger partial charge >= 0.3 is 5.97 Å². The van der Waals surface area contributed by atoms with Gasteiger partial charge in [-0.25, -0.2) is 4.79 Å². The number of furan rings is 1. The number of hydrogen-bond acceptors (Lipinski definition) is 5. The van der Waals surface area contributed by atoms with E-state index in [0.29, 0.717) is 11.5 Å². The summed E-state index contributed by atoms with van der Waals surface area (Å²) in [5.41, 5.74) is 0. The molecular formula is C17H17BrO5. The van der Waals surface area contributed by atoms with Crippen molar-refractivity contribution in [2.75, 3.05) is 13.2 Å². The molecule has 0 aliphatic carbocycles. The Hall–Kier alpha value is -1.79. The Morgan fingerprint density at radius 2 is 2.13 bits per heavy atom. The summed E-state index contributed by atoms with van der Waals surface area (Å²) in [4.78, 5) is 11.9. The molecule has 1 saturated heterocycles. The lowest BCUT2D eigenvalue weighted by Gasteiger charge is -2.09. The highest BCUT2D eigenvalue weighted by Crippen LogP contribution is 2.25. The molecule has 2 aromatic rings. The van der Waals surface area contributed by atoms with Crippen LogP contribution in [0, 0.1) is 0 Å². The van der Waals surface area contributed by atoms with Gasteiger partial charge in [0.1, 0.15) is 24.7 Å². The Kier molecular flexibility index (Phi) is 5.35. The molecule has 0 N–H and O–H groups in total. The van der Waals surface area contributed by atoms with Gasteiger partial charge in [-0.05, 0) is 53.0 Å². The van der Waals surface area contributed by atoms with E-state index in [9.17, 15) is 4.79 Å². The summed E-state index contributed by atoms with van der Waals surface area (Å²) >= 11 is 3.41. The zero-order valence-electron chi connectivity index (χ0n) is 12.5. The van der Waals surface area contributed by atoms with Crippen LogP contribution in [0.15, 0.2) is 45.3 Å². The van der Waals surface area contributed by atoms with Gasteiger partial charge in [0.15, 0.2) is 0 Å². The van der Waals surface area contributed by atoms with Gasteiger partial charge in [-0.1, -0.05) is 12.1 Å². The smallest absolute Gasteiger partial charge is 0.374 e. The second kappa shape index (κ2) is 7.66. The monoisotopic (exact) mass is 380 g/mol. The van der Waals surface area contributed by atoms with Crippen LogP contribution in [0.2, 0.25) is 0 Å². The van der Waals surface area contributed by atoms with Gasteiger partial charge in [0.05, 0.1) is 10.6 Å². The molecule has 1 aliphatic heterocycles. The number of hydrogen-bond donors (Lipinski definition) is 0. The second-order valence-electron chi connectivity index (χ2n) is 5.22.